The molecule has 0 aliphatic carbocycles. The fourth-order valence-corrected chi connectivity index (χ4v) is 3.31. The Morgan fingerprint density at radius 3 is 2.75 bits per heavy atom. The molecule has 2 heterocycles. The molecule has 1 amide bonds. The summed E-state index contributed by atoms with van der Waals surface area (Å²) in [5.41, 5.74) is 0. The van der Waals surface area contributed by atoms with E-state index in [0.29, 0.717) is 13.1 Å². The maximum Gasteiger partial charge on any atom is 0.265 e. The summed E-state index contributed by atoms with van der Waals surface area (Å²) in [6.45, 7) is 1.39. The van der Waals surface area contributed by atoms with Crippen LogP contribution in [0.2, 0.25) is 0 Å². The molecule has 1 saturated heterocycles. The van der Waals surface area contributed by atoms with Crippen molar-refractivity contribution in [1.82, 2.24) is 4.90 Å². The fraction of sp³-hybridized carbons (Fsp3) is 0.455. The Morgan fingerprint density at radius 2 is 2.25 bits per heavy atom. The van der Waals surface area contributed by atoms with Gasteiger partial charge in [0.15, 0.2) is 0 Å². The number of hydrogen-bond donors (Lipinski definition) is 0. The number of nitriles is 1. The van der Waals surface area contributed by atoms with E-state index in [1.54, 1.807) is 0 Å². The summed E-state index contributed by atoms with van der Waals surface area (Å²) < 4.78 is 0.866. The van der Waals surface area contributed by atoms with Crippen molar-refractivity contribution in [3.05, 3.63) is 20.8 Å². The maximum absolute atomic E-state index is 12.1. The summed E-state index contributed by atoms with van der Waals surface area (Å²) in [5, 5.41) is 10.7. The average molecular weight is 299 g/mol. The highest BCUT2D eigenvalue weighted by Crippen LogP contribution is 2.26. The van der Waals surface area contributed by atoms with Crippen LogP contribution in [0.4, 0.5) is 0 Å². The molecule has 0 spiro atoms. The first-order chi connectivity index (χ1) is 7.72. The quantitative estimate of drug-likeness (QED) is 0.800. The van der Waals surface area contributed by atoms with E-state index in [4.69, 9.17) is 5.26 Å². The van der Waals surface area contributed by atoms with E-state index in [1.807, 2.05) is 16.3 Å². The molecule has 5 heteroatoms. The summed E-state index contributed by atoms with van der Waals surface area (Å²) in [4.78, 5) is 14.7. The van der Waals surface area contributed by atoms with Crippen molar-refractivity contribution < 1.29 is 4.79 Å². The molecule has 0 N–H and O–H groups in total. The number of carbonyl (C=O) groups is 1. The van der Waals surface area contributed by atoms with Crippen LogP contribution in [-0.2, 0) is 0 Å². The van der Waals surface area contributed by atoms with Gasteiger partial charge in [0.1, 0.15) is 4.88 Å². The minimum absolute atomic E-state index is 0.0817. The van der Waals surface area contributed by atoms with Gasteiger partial charge in [0, 0.05) is 23.5 Å². The van der Waals surface area contributed by atoms with Gasteiger partial charge in [0.25, 0.3) is 5.91 Å². The molecule has 1 aliphatic rings. The molecule has 1 fully saturated rings. The number of piperidine rings is 1. The molecule has 1 aromatic heterocycles. The third-order valence-electron chi connectivity index (χ3n) is 2.78. The van der Waals surface area contributed by atoms with Gasteiger partial charge in [0.2, 0.25) is 0 Å². The van der Waals surface area contributed by atoms with Crippen LogP contribution in [0.5, 0.6) is 0 Å². The molecule has 0 bridgehead atoms. The van der Waals surface area contributed by atoms with E-state index in [9.17, 15) is 4.79 Å². The summed E-state index contributed by atoms with van der Waals surface area (Å²) in [6.07, 6.45) is 1.59. The Labute approximate surface area is 107 Å². The lowest BCUT2D eigenvalue weighted by molar-refractivity contribution is 0.0711. The molecule has 1 aliphatic heterocycles. The van der Waals surface area contributed by atoms with Crippen LogP contribution < -0.4 is 0 Å². The van der Waals surface area contributed by atoms with Crippen molar-refractivity contribution in [3.63, 3.8) is 0 Å². The Hall–Kier alpha value is -0.860. The number of carbonyl (C=O) groups excluding carboxylic acids is 1. The molecule has 0 unspecified atom stereocenters. The summed E-state index contributed by atoms with van der Waals surface area (Å²) in [6, 6.07) is 4.15. The fourth-order valence-electron chi connectivity index (χ4n) is 1.80. The average Bonchev–Trinajstić information content (AvgIpc) is 2.75. The van der Waals surface area contributed by atoms with E-state index in [1.165, 1.54) is 11.3 Å². The van der Waals surface area contributed by atoms with Crippen LogP contribution in [0.15, 0.2) is 15.9 Å². The highest BCUT2D eigenvalue weighted by Gasteiger charge is 2.25. The maximum atomic E-state index is 12.1. The van der Waals surface area contributed by atoms with Crippen LogP contribution in [-0.4, -0.2) is 23.9 Å². The van der Waals surface area contributed by atoms with Gasteiger partial charge in [0.05, 0.1) is 6.07 Å². The zero-order valence-corrected chi connectivity index (χ0v) is 11.1. The van der Waals surface area contributed by atoms with E-state index in [0.717, 1.165) is 22.2 Å². The number of halogens is 1. The van der Waals surface area contributed by atoms with Crippen LogP contribution in [0.25, 0.3) is 0 Å². The van der Waals surface area contributed by atoms with E-state index >= 15 is 0 Å². The van der Waals surface area contributed by atoms with Crippen molar-refractivity contribution in [2.24, 2.45) is 5.92 Å². The van der Waals surface area contributed by atoms with E-state index in [2.05, 4.69) is 22.0 Å². The number of nitrogens with zero attached hydrogens (tertiary/aromatic N) is 2. The van der Waals surface area contributed by atoms with Crippen LogP contribution in [0, 0.1) is 17.2 Å². The van der Waals surface area contributed by atoms with E-state index in [-0.39, 0.29) is 11.8 Å². The van der Waals surface area contributed by atoms with Crippen molar-refractivity contribution in [2.75, 3.05) is 13.1 Å². The first kappa shape index (κ1) is 11.6. The second-order valence-electron chi connectivity index (χ2n) is 3.79. The minimum atomic E-state index is 0.0817. The molecule has 0 aromatic carbocycles. The Morgan fingerprint density at radius 1 is 1.56 bits per heavy atom. The lowest BCUT2D eigenvalue weighted by Gasteiger charge is -2.28. The first-order valence-corrected chi connectivity index (χ1v) is 6.81. The molecule has 2 rings (SSSR count). The highest BCUT2D eigenvalue weighted by molar-refractivity contribution is 9.10. The van der Waals surface area contributed by atoms with Crippen molar-refractivity contribution >= 4 is 33.2 Å². The van der Waals surface area contributed by atoms with Crippen LogP contribution >= 0.6 is 27.3 Å². The molecule has 84 valence electrons. The number of hydrogen-bond acceptors (Lipinski definition) is 3. The Balaban J connectivity index is 2.03. The largest absolute Gasteiger partial charge is 0.338 e. The Kier molecular flexibility index (Phi) is 3.62. The zero-order chi connectivity index (χ0) is 11.5. The third-order valence-corrected chi connectivity index (χ3v) is 4.60. The van der Waals surface area contributed by atoms with Crippen LogP contribution in [0.3, 0.4) is 0 Å². The number of likely N-dealkylation sites (tertiary alicyclic amines) is 1. The SMILES string of the molecule is N#CC1CCN(C(=O)c2sccc2Br)CC1. The molecular weight excluding hydrogens is 288 g/mol. The number of rotatable bonds is 1. The second kappa shape index (κ2) is 4.98. The van der Waals surface area contributed by atoms with Gasteiger partial charge in [-0.1, -0.05) is 0 Å². The smallest absolute Gasteiger partial charge is 0.265 e. The van der Waals surface area contributed by atoms with Crippen LogP contribution in [0.1, 0.15) is 22.5 Å². The van der Waals surface area contributed by atoms with Crippen molar-refractivity contribution in [3.8, 4) is 6.07 Å². The Bertz CT molecular complexity index is 429. The van der Waals surface area contributed by atoms with Crippen molar-refractivity contribution in [1.29, 1.82) is 5.26 Å². The highest BCUT2D eigenvalue weighted by atomic mass is 79.9. The third kappa shape index (κ3) is 2.28. The minimum Gasteiger partial charge on any atom is -0.338 e. The van der Waals surface area contributed by atoms with Gasteiger partial charge >= 0.3 is 0 Å². The molecule has 16 heavy (non-hydrogen) atoms. The molecule has 0 radical (unpaired) electrons. The first-order valence-electron chi connectivity index (χ1n) is 5.14. The number of amides is 1. The van der Waals surface area contributed by atoms with E-state index < -0.39 is 0 Å². The van der Waals surface area contributed by atoms with Gasteiger partial charge in [-0.3, -0.25) is 4.79 Å². The summed E-state index contributed by atoms with van der Waals surface area (Å²) >= 11 is 4.82. The normalized spacial score (nSPS) is 17.1. The molecular formula is C11H11BrN2OS. The molecule has 1 aromatic rings. The zero-order valence-electron chi connectivity index (χ0n) is 8.65. The van der Waals surface area contributed by atoms with Gasteiger partial charge in [-0.05, 0) is 40.2 Å². The van der Waals surface area contributed by atoms with Gasteiger partial charge in [-0.15, -0.1) is 11.3 Å². The monoisotopic (exact) mass is 298 g/mol. The number of thiophene rings is 1. The predicted molar refractivity (Wildman–Crippen MR) is 66.3 cm³/mol. The molecule has 0 saturated carbocycles. The molecule has 3 nitrogen and oxygen atoms in total. The standard InChI is InChI=1S/C11H11BrN2OS/c12-9-3-6-16-10(9)11(15)14-4-1-8(7-13)2-5-14/h3,6,8H,1-2,4-5H2. The van der Waals surface area contributed by atoms with Crippen molar-refractivity contribution in [2.45, 2.75) is 12.8 Å². The second-order valence-corrected chi connectivity index (χ2v) is 5.56. The topological polar surface area (TPSA) is 44.1 Å². The summed E-state index contributed by atoms with van der Waals surface area (Å²) in [7, 11) is 0. The lowest BCUT2D eigenvalue weighted by atomic mass is 9.98. The molecule has 0 atom stereocenters. The predicted octanol–water partition coefficient (Wildman–Crippen LogP) is 2.89. The van der Waals surface area contributed by atoms with Gasteiger partial charge in [-0.2, -0.15) is 5.26 Å². The summed E-state index contributed by atoms with van der Waals surface area (Å²) in [5.74, 6) is 0.203. The van der Waals surface area contributed by atoms with Gasteiger partial charge < -0.3 is 4.90 Å². The van der Waals surface area contributed by atoms with Gasteiger partial charge in [-0.25, -0.2) is 0 Å². The lowest BCUT2D eigenvalue weighted by Crippen LogP contribution is -2.37.